The first-order valence-electron chi connectivity index (χ1n) is 11.0. The summed E-state index contributed by atoms with van der Waals surface area (Å²) in [5, 5.41) is 0.626. The third-order valence-corrected chi connectivity index (χ3v) is 4.96. The molecule has 0 radical (unpaired) electrons. The van der Waals surface area contributed by atoms with Gasteiger partial charge in [-0.2, -0.15) is 0 Å². The third kappa shape index (κ3) is 8.37. The summed E-state index contributed by atoms with van der Waals surface area (Å²) >= 11 is 0. The van der Waals surface area contributed by atoms with Crippen LogP contribution in [-0.4, -0.2) is 18.3 Å². The molecule has 0 atom stereocenters. The zero-order valence-corrected chi connectivity index (χ0v) is 20.3. The molecule has 0 spiro atoms. The number of allylic oxidation sites excluding steroid dienone is 5. The number of alkyl halides is 1. The van der Waals surface area contributed by atoms with E-state index < -0.39 is 17.5 Å². The van der Waals surface area contributed by atoms with Gasteiger partial charge >= 0.3 is 0 Å². The fourth-order valence-corrected chi connectivity index (χ4v) is 3.26. The topological polar surface area (TPSA) is 43.3 Å². The van der Waals surface area contributed by atoms with Crippen LogP contribution in [0.5, 0.6) is 0 Å². The fraction of sp³-hybridized carbons (Fsp3) is 0.179. The summed E-state index contributed by atoms with van der Waals surface area (Å²) in [5.74, 6) is -2.40. The quantitative estimate of drug-likeness (QED) is 0.273. The fourth-order valence-electron chi connectivity index (χ4n) is 3.26. The Hall–Kier alpha value is -3.94. The lowest BCUT2D eigenvalue weighted by molar-refractivity contribution is 0.582. The van der Waals surface area contributed by atoms with Crippen molar-refractivity contribution in [3.63, 3.8) is 0 Å². The zero-order valence-electron chi connectivity index (χ0n) is 20.3. The number of rotatable bonds is 7. The van der Waals surface area contributed by atoms with Crippen molar-refractivity contribution in [2.75, 3.05) is 19.5 Å². The number of nitrogens with two attached hydrogens (primary N) is 1. The van der Waals surface area contributed by atoms with E-state index in [9.17, 15) is 22.0 Å². The van der Waals surface area contributed by atoms with Gasteiger partial charge in [-0.15, -0.1) is 0 Å². The third-order valence-electron chi connectivity index (χ3n) is 4.96. The maximum absolute atomic E-state index is 14.6. The van der Waals surface area contributed by atoms with Gasteiger partial charge in [0.1, 0.15) is 17.5 Å². The van der Waals surface area contributed by atoms with Crippen LogP contribution in [0, 0.1) is 17.5 Å². The maximum atomic E-state index is 14.6. The van der Waals surface area contributed by atoms with E-state index in [0.717, 1.165) is 17.7 Å². The molecule has 1 aromatic heterocycles. The van der Waals surface area contributed by atoms with Gasteiger partial charge in [0.15, 0.2) is 0 Å². The van der Waals surface area contributed by atoms with E-state index >= 15 is 0 Å². The Morgan fingerprint density at radius 2 is 1.56 bits per heavy atom. The molecular formula is C28H28F5N3. The van der Waals surface area contributed by atoms with Gasteiger partial charge in [0, 0.05) is 36.1 Å². The molecular weight excluding hydrogens is 473 g/mol. The van der Waals surface area contributed by atoms with Crippen LogP contribution in [0.2, 0.25) is 0 Å². The van der Waals surface area contributed by atoms with Gasteiger partial charge in [0.05, 0.1) is 30.6 Å². The number of hydrogen-bond acceptors (Lipinski definition) is 2. The second kappa shape index (κ2) is 13.8. The van der Waals surface area contributed by atoms with Crippen LogP contribution in [-0.2, 0) is 6.54 Å². The summed E-state index contributed by atoms with van der Waals surface area (Å²) in [7, 11) is 0.500. The summed E-state index contributed by atoms with van der Waals surface area (Å²) in [6, 6.07) is 9.29. The first-order valence-corrected chi connectivity index (χ1v) is 11.0. The van der Waals surface area contributed by atoms with Crippen molar-refractivity contribution >= 4 is 5.69 Å². The molecule has 2 N–H and O–H groups in total. The maximum Gasteiger partial charge on any atom is 0.134 e. The molecule has 36 heavy (non-hydrogen) atoms. The van der Waals surface area contributed by atoms with Crippen molar-refractivity contribution in [3.05, 3.63) is 119 Å². The molecule has 0 saturated heterocycles. The standard InChI is InChI=1S/C27H25F4N3.CH3F/c1-18(5-3-4-6-19(2)28)15-33-27-11-12-34(17-26(27)32)16-20-7-9-22(24(30)13-20)23-10-8-21(29)14-25(23)31;1-2/h3-14,17H,15-16,32H2,1-2H3;1H3/b4-3-,18-5+,19-6+,33-27?;. The van der Waals surface area contributed by atoms with Crippen molar-refractivity contribution < 1.29 is 22.0 Å². The Bertz CT molecular complexity index is 1330. The number of anilines is 1. The second-order valence-corrected chi connectivity index (χ2v) is 7.86. The van der Waals surface area contributed by atoms with Gasteiger partial charge in [-0.05, 0) is 49.8 Å². The highest BCUT2D eigenvalue weighted by atomic mass is 19.1. The minimum absolute atomic E-state index is 0.00198. The largest absolute Gasteiger partial charge is 0.396 e. The van der Waals surface area contributed by atoms with E-state index in [2.05, 4.69) is 4.99 Å². The average Bonchev–Trinajstić information content (AvgIpc) is 2.83. The van der Waals surface area contributed by atoms with E-state index in [1.807, 2.05) is 13.0 Å². The lowest BCUT2D eigenvalue weighted by Crippen LogP contribution is -2.14. The number of aromatic nitrogens is 1. The minimum Gasteiger partial charge on any atom is -0.396 e. The minimum atomic E-state index is -0.819. The first kappa shape index (κ1) is 28.3. The van der Waals surface area contributed by atoms with Gasteiger partial charge in [0.2, 0.25) is 0 Å². The molecule has 190 valence electrons. The van der Waals surface area contributed by atoms with Gasteiger partial charge in [-0.1, -0.05) is 35.9 Å². The molecule has 0 aliphatic carbocycles. The van der Waals surface area contributed by atoms with Crippen LogP contribution in [0.4, 0.5) is 27.6 Å². The van der Waals surface area contributed by atoms with Crippen molar-refractivity contribution in [1.82, 2.24) is 4.57 Å². The predicted molar refractivity (Wildman–Crippen MR) is 135 cm³/mol. The predicted octanol–water partition coefficient (Wildman–Crippen LogP) is 7.07. The van der Waals surface area contributed by atoms with E-state index in [1.54, 1.807) is 41.2 Å². The zero-order chi connectivity index (χ0) is 26.7. The van der Waals surface area contributed by atoms with Crippen LogP contribution in [0.25, 0.3) is 11.1 Å². The van der Waals surface area contributed by atoms with Crippen LogP contribution in [0.1, 0.15) is 19.4 Å². The highest BCUT2D eigenvalue weighted by Crippen LogP contribution is 2.27. The molecule has 3 aromatic rings. The molecule has 3 nitrogen and oxygen atoms in total. The molecule has 0 bridgehead atoms. The van der Waals surface area contributed by atoms with E-state index in [0.29, 0.717) is 36.9 Å². The highest BCUT2D eigenvalue weighted by molar-refractivity contribution is 5.65. The van der Waals surface area contributed by atoms with Gasteiger partial charge < -0.3 is 10.3 Å². The molecule has 0 aliphatic heterocycles. The van der Waals surface area contributed by atoms with Crippen LogP contribution in [0.15, 0.2) is 95.6 Å². The second-order valence-electron chi connectivity index (χ2n) is 7.86. The van der Waals surface area contributed by atoms with E-state index in [4.69, 9.17) is 5.73 Å². The number of pyridine rings is 1. The number of nitrogens with zero attached hydrogens (tertiary/aromatic N) is 2. The molecule has 3 rings (SSSR count). The normalized spacial score (nSPS) is 12.6. The van der Waals surface area contributed by atoms with Crippen molar-refractivity contribution in [1.29, 1.82) is 0 Å². The van der Waals surface area contributed by atoms with Crippen LogP contribution >= 0.6 is 0 Å². The number of nitrogen functional groups attached to an aromatic ring is 1. The van der Waals surface area contributed by atoms with Gasteiger partial charge in [-0.3, -0.25) is 9.38 Å². The summed E-state index contributed by atoms with van der Waals surface area (Å²) in [6.07, 6.45) is 10.1. The average molecular weight is 502 g/mol. The molecule has 0 saturated carbocycles. The molecule has 0 amide bonds. The summed E-state index contributed by atoms with van der Waals surface area (Å²) in [6.45, 7) is 4.07. The van der Waals surface area contributed by atoms with Crippen LogP contribution < -0.4 is 11.1 Å². The molecule has 0 fully saturated rings. The van der Waals surface area contributed by atoms with Crippen molar-refractivity contribution in [2.45, 2.75) is 20.4 Å². The summed E-state index contributed by atoms with van der Waals surface area (Å²) in [4.78, 5) is 4.49. The van der Waals surface area contributed by atoms with Gasteiger partial charge in [-0.25, -0.2) is 17.6 Å². The number of benzene rings is 2. The Morgan fingerprint density at radius 3 is 2.17 bits per heavy atom. The van der Waals surface area contributed by atoms with E-state index in [1.165, 1.54) is 31.2 Å². The number of halogens is 5. The number of hydrogen-bond donors (Lipinski definition) is 1. The lowest BCUT2D eigenvalue weighted by Gasteiger charge is -2.11. The van der Waals surface area contributed by atoms with Crippen molar-refractivity contribution in [3.8, 4) is 11.1 Å². The summed E-state index contributed by atoms with van der Waals surface area (Å²) in [5.41, 5.74) is 8.29. The Morgan fingerprint density at radius 1 is 0.917 bits per heavy atom. The molecule has 1 heterocycles. The summed E-state index contributed by atoms with van der Waals surface area (Å²) < 4.78 is 65.7. The Balaban J connectivity index is 0.00000222. The van der Waals surface area contributed by atoms with E-state index in [-0.39, 0.29) is 17.0 Å². The van der Waals surface area contributed by atoms with Crippen molar-refractivity contribution in [2.24, 2.45) is 4.99 Å². The molecule has 0 aliphatic rings. The smallest absolute Gasteiger partial charge is 0.134 e. The monoisotopic (exact) mass is 501 g/mol. The highest BCUT2D eigenvalue weighted by Gasteiger charge is 2.12. The Labute approximate surface area is 207 Å². The SMILES string of the molecule is CF.C\C(F)=C/C=C\C=C(/C)CN=c1ccn(Cc2ccc(-c3ccc(F)cc3F)c(F)c2)cc1N. The van der Waals surface area contributed by atoms with Crippen LogP contribution in [0.3, 0.4) is 0 Å². The molecule has 2 aromatic carbocycles. The molecule has 8 heteroatoms. The Kier molecular flexibility index (Phi) is 10.9. The first-order chi connectivity index (χ1) is 17.2. The molecule has 0 unspecified atom stereocenters. The van der Waals surface area contributed by atoms with Gasteiger partial charge in [0.25, 0.3) is 0 Å². The lowest BCUT2D eigenvalue weighted by atomic mass is 10.0.